The van der Waals surface area contributed by atoms with Crippen LogP contribution in [0.25, 0.3) is 0 Å². The van der Waals surface area contributed by atoms with Crippen molar-refractivity contribution >= 4 is 23.6 Å². The van der Waals surface area contributed by atoms with Crippen molar-refractivity contribution < 1.29 is 19.1 Å². The zero-order valence-corrected chi connectivity index (χ0v) is 12.7. The van der Waals surface area contributed by atoms with Crippen LogP contribution >= 0.6 is 0 Å². The molecule has 0 aliphatic carbocycles. The molecule has 1 aliphatic rings. The van der Waals surface area contributed by atoms with Crippen molar-refractivity contribution in [1.29, 1.82) is 5.41 Å². The fourth-order valence-electron chi connectivity index (χ4n) is 2.37. The number of cyclic esters (lactones) is 1. The smallest absolute Gasteiger partial charge is 0.343 e. The van der Waals surface area contributed by atoms with Gasteiger partial charge in [0.05, 0.1) is 17.7 Å². The van der Waals surface area contributed by atoms with E-state index in [9.17, 15) is 9.59 Å². The van der Waals surface area contributed by atoms with Crippen LogP contribution < -0.4 is 15.8 Å². The number of esters is 2. The fourth-order valence-corrected chi connectivity index (χ4v) is 2.37. The number of carbonyl (C=O) groups is 2. The Hall–Kier alpha value is -3.35. The van der Waals surface area contributed by atoms with E-state index in [1.807, 2.05) is 0 Å². The number of anilines is 1. The predicted molar refractivity (Wildman–Crippen MR) is 87.4 cm³/mol. The first kappa shape index (κ1) is 15.5. The Labute approximate surface area is 137 Å². The molecule has 0 amide bonds. The van der Waals surface area contributed by atoms with Crippen LogP contribution in [0.15, 0.2) is 42.5 Å². The lowest BCUT2D eigenvalue weighted by molar-refractivity contribution is 0.0478. The van der Waals surface area contributed by atoms with E-state index in [-0.39, 0.29) is 11.7 Å². The molecule has 2 aromatic rings. The molecule has 4 N–H and O–H groups in total. The van der Waals surface area contributed by atoms with Crippen molar-refractivity contribution in [3.05, 3.63) is 59.2 Å². The van der Waals surface area contributed by atoms with Crippen molar-refractivity contribution in [2.24, 2.45) is 5.73 Å². The summed E-state index contributed by atoms with van der Waals surface area (Å²) in [4.78, 5) is 23.9. The van der Waals surface area contributed by atoms with Crippen LogP contribution in [0.5, 0.6) is 5.75 Å². The second kappa shape index (κ2) is 6.41. The highest BCUT2D eigenvalue weighted by Crippen LogP contribution is 2.23. The summed E-state index contributed by atoms with van der Waals surface area (Å²) in [5.74, 6) is -0.864. The van der Waals surface area contributed by atoms with Crippen molar-refractivity contribution in [2.45, 2.75) is 6.42 Å². The molecule has 0 atom stereocenters. The zero-order valence-electron chi connectivity index (χ0n) is 12.7. The number of ether oxygens (including phenoxy) is 2. The lowest BCUT2D eigenvalue weighted by Gasteiger charge is -2.16. The highest BCUT2D eigenvalue weighted by atomic mass is 16.5. The van der Waals surface area contributed by atoms with Crippen LogP contribution in [-0.2, 0) is 11.2 Å². The molecule has 2 aromatic carbocycles. The van der Waals surface area contributed by atoms with Gasteiger partial charge in [-0.2, -0.15) is 0 Å². The molecular weight excluding hydrogens is 310 g/mol. The van der Waals surface area contributed by atoms with Gasteiger partial charge in [0.15, 0.2) is 5.96 Å². The number of nitrogens with two attached hydrogens (primary N) is 1. The molecule has 7 heteroatoms. The molecule has 1 heterocycles. The number of hydrogen-bond acceptors (Lipinski definition) is 5. The molecule has 24 heavy (non-hydrogen) atoms. The number of fused-ring (bicyclic) bond motifs is 1. The van der Waals surface area contributed by atoms with E-state index in [2.05, 4.69) is 5.32 Å². The average molecular weight is 325 g/mol. The van der Waals surface area contributed by atoms with Crippen LogP contribution in [0.3, 0.4) is 0 Å². The van der Waals surface area contributed by atoms with Gasteiger partial charge in [-0.25, -0.2) is 9.59 Å². The fraction of sp³-hybridized carbons (Fsp3) is 0.118. The van der Waals surface area contributed by atoms with Gasteiger partial charge >= 0.3 is 11.9 Å². The van der Waals surface area contributed by atoms with Crippen molar-refractivity contribution in [3.8, 4) is 5.75 Å². The summed E-state index contributed by atoms with van der Waals surface area (Å²) in [5.41, 5.74) is 7.47. The first-order chi connectivity index (χ1) is 11.5. The van der Waals surface area contributed by atoms with Gasteiger partial charge in [0, 0.05) is 12.1 Å². The topological polar surface area (TPSA) is 115 Å². The van der Waals surface area contributed by atoms with Crippen molar-refractivity contribution in [1.82, 2.24) is 0 Å². The largest absolute Gasteiger partial charge is 0.462 e. The van der Waals surface area contributed by atoms with Gasteiger partial charge in [-0.05, 0) is 42.0 Å². The number of guanidine groups is 1. The van der Waals surface area contributed by atoms with E-state index in [1.165, 1.54) is 6.07 Å². The Morgan fingerprint density at radius 1 is 1.21 bits per heavy atom. The van der Waals surface area contributed by atoms with Crippen LogP contribution in [-0.4, -0.2) is 24.5 Å². The molecule has 3 rings (SSSR count). The molecular formula is C17H15N3O4. The second-order valence-corrected chi connectivity index (χ2v) is 5.21. The third kappa shape index (κ3) is 3.35. The number of hydrogen-bond donors (Lipinski definition) is 3. The van der Waals surface area contributed by atoms with E-state index in [1.54, 1.807) is 36.4 Å². The summed E-state index contributed by atoms with van der Waals surface area (Å²) in [6.07, 6.45) is 0.653. The van der Waals surface area contributed by atoms with Crippen LogP contribution in [0.1, 0.15) is 26.3 Å². The highest BCUT2D eigenvalue weighted by Gasteiger charge is 2.20. The SMILES string of the molecule is N=C(N)Nc1ccc(C(=O)Oc2ccc3c(c2)C(=O)OCC3)cc1. The predicted octanol–water partition coefficient (Wildman–Crippen LogP) is 1.92. The molecule has 0 fully saturated rings. The summed E-state index contributed by atoms with van der Waals surface area (Å²) >= 11 is 0. The maximum Gasteiger partial charge on any atom is 0.343 e. The molecule has 0 bridgehead atoms. The molecule has 1 aliphatic heterocycles. The maximum absolute atomic E-state index is 12.2. The molecule has 0 aromatic heterocycles. The van der Waals surface area contributed by atoms with Gasteiger partial charge in [0.1, 0.15) is 5.75 Å². The first-order valence-electron chi connectivity index (χ1n) is 7.26. The lowest BCUT2D eigenvalue weighted by atomic mass is 10.0. The summed E-state index contributed by atoms with van der Waals surface area (Å²) in [5, 5.41) is 9.77. The van der Waals surface area contributed by atoms with Gasteiger partial charge in [-0.1, -0.05) is 6.07 Å². The van der Waals surface area contributed by atoms with Crippen LogP contribution in [0, 0.1) is 5.41 Å². The monoisotopic (exact) mass is 325 g/mol. The quantitative estimate of drug-likeness (QED) is 0.344. The normalized spacial score (nSPS) is 12.8. The number of rotatable bonds is 3. The van der Waals surface area contributed by atoms with E-state index < -0.39 is 11.9 Å². The van der Waals surface area contributed by atoms with E-state index >= 15 is 0 Å². The van der Waals surface area contributed by atoms with Crippen molar-refractivity contribution in [2.75, 3.05) is 11.9 Å². The minimum atomic E-state index is -0.548. The van der Waals surface area contributed by atoms with Crippen LogP contribution in [0.2, 0.25) is 0 Å². The van der Waals surface area contributed by atoms with E-state index in [0.717, 1.165) is 5.56 Å². The molecule has 122 valence electrons. The minimum absolute atomic E-state index is 0.189. The Morgan fingerprint density at radius 3 is 2.67 bits per heavy atom. The molecule has 0 spiro atoms. The second-order valence-electron chi connectivity index (χ2n) is 5.21. The van der Waals surface area contributed by atoms with Gasteiger partial charge in [0.2, 0.25) is 0 Å². The zero-order chi connectivity index (χ0) is 17.1. The molecule has 7 nitrogen and oxygen atoms in total. The maximum atomic E-state index is 12.2. The molecule has 0 saturated heterocycles. The summed E-state index contributed by atoms with van der Waals surface area (Å²) in [6, 6.07) is 11.3. The minimum Gasteiger partial charge on any atom is -0.462 e. The third-order valence-corrected chi connectivity index (χ3v) is 3.52. The standard InChI is InChI=1S/C17H15N3O4/c18-17(19)20-12-4-1-11(2-5-12)15(21)24-13-6-3-10-7-8-23-16(22)14(10)9-13/h1-6,9H,7-8H2,(H4,18,19,20). The van der Waals surface area contributed by atoms with Gasteiger partial charge in [0.25, 0.3) is 0 Å². The van der Waals surface area contributed by atoms with Crippen molar-refractivity contribution in [3.63, 3.8) is 0 Å². The summed E-state index contributed by atoms with van der Waals surface area (Å²) in [6.45, 7) is 0.367. The van der Waals surface area contributed by atoms with Gasteiger partial charge in [-0.15, -0.1) is 0 Å². The summed E-state index contributed by atoms with van der Waals surface area (Å²) in [7, 11) is 0. The number of benzene rings is 2. The van der Waals surface area contributed by atoms with Crippen LogP contribution in [0.4, 0.5) is 5.69 Å². The first-order valence-corrected chi connectivity index (χ1v) is 7.26. The lowest BCUT2D eigenvalue weighted by Crippen LogP contribution is -2.20. The van der Waals surface area contributed by atoms with Gasteiger partial charge < -0.3 is 20.5 Å². The Kier molecular flexibility index (Phi) is 4.15. The van der Waals surface area contributed by atoms with Gasteiger partial charge in [-0.3, -0.25) is 5.41 Å². The van der Waals surface area contributed by atoms with E-state index in [0.29, 0.717) is 29.8 Å². The molecule has 0 unspecified atom stereocenters. The highest BCUT2D eigenvalue weighted by molar-refractivity contribution is 5.95. The number of carbonyl (C=O) groups excluding carboxylic acids is 2. The molecule has 0 radical (unpaired) electrons. The Balaban J connectivity index is 1.74. The summed E-state index contributed by atoms with van der Waals surface area (Å²) < 4.78 is 10.3. The number of nitrogens with one attached hydrogen (secondary N) is 2. The van der Waals surface area contributed by atoms with E-state index in [4.69, 9.17) is 20.6 Å². The Morgan fingerprint density at radius 2 is 1.96 bits per heavy atom. The molecule has 0 saturated carbocycles. The Bertz CT molecular complexity index is 815. The average Bonchev–Trinajstić information content (AvgIpc) is 2.56. The third-order valence-electron chi connectivity index (χ3n) is 3.52.